The summed E-state index contributed by atoms with van der Waals surface area (Å²) in [7, 11) is 3.24. The fourth-order valence-corrected chi connectivity index (χ4v) is 3.84. The number of nitrogens with zero attached hydrogens (tertiary/aromatic N) is 3. The Bertz CT molecular complexity index is 1240. The molecule has 0 atom stereocenters. The van der Waals surface area contributed by atoms with E-state index in [9.17, 15) is 18.0 Å². The molecule has 1 N–H and O–H groups in total. The zero-order valence-electron chi connectivity index (χ0n) is 19.3. The summed E-state index contributed by atoms with van der Waals surface area (Å²) in [5, 5.41) is 3.11. The Kier molecular flexibility index (Phi) is 7.51. The molecule has 0 radical (unpaired) electrons. The Morgan fingerprint density at radius 2 is 1.89 bits per heavy atom. The zero-order valence-corrected chi connectivity index (χ0v) is 20.1. The lowest BCUT2D eigenvalue weighted by molar-refractivity contribution is -0.274. The predicted octanol–water partition coefficient (Wildman–Crippen LogP) is 4.79. The third-order valence-corrected chi connectivity index (χ3v) is 5.73. The number of halogens is 4. The number of anilines is 1. The summed E-state index contributed by atoms with van der Waals surface area (Å²) < 4.78 is 52.1. The van der Waals surface area contributed by atoms with E-state index in [-0.39, 0.29) is 34.9 Å². The van der Waals surface area contributed by atoms with Gasteiger partial charge in [-0.3, -0.25) is 4.90 Å². The number of aromatic nitrogens is 2. The maximum Gasteiger partial charge on any atom is 0.573 e. The number of rotatable bonds is 8. The van der Waals surface area contributed by atoms with Crippen LogP contribution in [0.3, 0.4) is 0 Å². The second-order valence-corrected chi connectivity index (χ2v) is 8.51. The van der Waals surface area contributed by atoms with Crippen LogP contribution in [0.25, 0.3) is 11.1 Å². The molecule has 0 spiro atoms. The van der Waals surface area contributed by atoms with E-state index < -0.39 is 12.3 Å². The van der Waals surface area contributed by atoms with Crippen LogP contribution in [0.4, 0.5) is 19.1 Å². The number of ether oxygens (including phenoxy) is 3. The van der Waals surface area contributed by atoms with Crippen molar-refractivity contribution in [3.05, 3.63) is 64.9 Å². The number of hydrogen-bond donors (Lipinski definition) is 1. The minimum Gasteiger partial charge on any atom is -0.486 e. The lowest BCUT2D eigenvalue weighted by Gasteiger charge is -2.36. The van der Waals surface area contributed by atoms with Gasteiger partial charge in [-0.15, -0.1) is 13.2 Å². The SMILES string of the molecule is COC(=O)c1cc(-c2cnc(NCc3cccc(OC(F)(F)F)c3)nc2)cc(OC2CN(C)C2)c1Cl. The molecule has 1 aliphatic rings. The summed E-state index contributed by atoms with van der Waals surface area (Å²) in [4.78, 5) is 22.9. The molecule has 3 aromatic rings. The van der Waals surface area contributed by atoms with Crippen LogP contribution in [0.1, 0.15) is 15.9 Å². The van der Waals surface area contributed by atoms with Crippen molar-refractivity contribution in [3.8, 4) is 22.6 Å². The van der Waals surface area contributed by atoms with Crippen molar-refractivity contribution in [1.82, 2.24) is 14.9 Å². The summed E-state index contributed by atoms with van der Waals surface area (Å²) >= 11 is 6.42. The second kappa shape index (κ2) is 10.6. The molecular formula is C24H22ClF3N4O4. The molecule has 8 nitrogen and oxygen atoms in total. The van der Waals surface area contributed by atoms with Crippen molar-refractivity contribution in [1.29, 1.82) is 0 Å². The maximum absolute atomic E-state index is 12.4. The van der Waals surface area contributed by atoms with Crippen molar-refractivity contribution in [2.24, 2.45) is 0 Å². The molecule has 1 saturated heterocycles. The first kappa shape index (κ1) is 25.5. The van der Waals surface area contributed by atoms with E-state index in [0.717, 1.165) is 13.1 Å². The quantitative estimate of drug-likeness (QED) is 0.423. The van der Waals surface area contributed by atoms with Gasteiger partial charge < -0.3 is 19.5 Å². The van der Waals surface area contributed by atoms with Crippen LogP contribution in [0.2, 0.25) is 5.02 Å². The van der Waals surface area contributed by atoms with Gasteiger partial charge in [0.15, 0.2) is 0 Å². The highest BCUT2D eigenvalue weighted by atomic mass is 35.5. The number of hydrogen-bond acceptors (Lipinski definition) is 8. The highest BCUT2D eigenvalue weighted by molar-refractivity contribution is 6.35. The average Bonchev–Trinajstić information content (AvgIpc) is 2.82. The molecule has 2 heterocycles. The molecule has 4 rings (SSSR count). The highest BCUT2D eigenvalue weighted by Crippen LogP contribution is 2.36. The minimum atomic E-state index is -4.76. The van der Waals surface area contributed by atoms with Gasteiger partial charge >= 0.3 is 12.3 Å². The first-order valence-electron chi connectivity index (χ1n) is 10.8. The average molecular weight is 523 g/mol. The summed E-state index contributed by atoms with van der Waals surface area (Å²) in [5.74, 6) is -0.296. The van der Waals surface area contributed by atoms with Crippen LogP contribution in [0, 0.1) is 0 Å². The fourth-order valence-electron chi connectivity index (χ4n) is 3.61. The van der Waals surface area contributed by atoms with E-state index in [1.165, 1.54) is 25.3 Å². The van der Waals surface area contributed by atoms with Crippen molar-refractivity contribution in [2.45, 2.75) is 19.0 Å². The minimum absolute atomic E-state index is 0.0453. The van der Waals surface area contributed by atoms with Crippen LogP contribution in [-0.4, -0.2) is 60.6 Å². The Labute approximate surface area is 210 Å². The van der Waals surface area contributed by atoms with E-state index in [4.69, 9.17) is 21.1 Å². The number of nitrogens with one attached hydrogen (secondary N) is 1. The number of esters is 1. The van der Waals surface area contributed by atoms with Crippen LogP contribution < -0.4 is 14.8 Å². The van der Waals surface area contributed by atoms with E-state index in [1.54, 1.807) is 30.6 Å². The molecule has 1 aliphatic heterocycles. The summed E-state index contributed by atoms with van der Waals surface area (Å²) in [6.07, 6.45) is -1.72. The Balaban J connectivity index is 1.49. The van der Waals surface area contributed by atoms with Gasteiger partial charge in [-0.05, 0) is 42.4 Å². The highest BCUT2D eigenvalue weighted by Gasteiger charge is 2.31. The number of alkyl halides is 3. The summed E-state index contributed by atoms with van der Waals surface area (Å²) in [6.45, 7) is 1.65. The second-order valence-electron chi connectivity index (χ2n) is 8.13. The van der Waals surface area contributed by atoms with Gasteiger partial charge in [0.1, 0.15) is 17.6 Å². The molecular weight excluding hydrogens is 501 g/mol. The smallest absolute Gasteiger partial charge is 0.486 e. The van der Waals surface area contributed by atoms with Crippen LogP contribution >= 0.6 is 11.6 Å². The van der Waals surface area contributed by atoms with E-state index in [0.29, 0.717) is 22.4 Å². The number of methoxy groups -OCH3 is 1. The molecule has 0 aliphatic carbocycles. The molecule has 0 bridgehead atoms. The molecule has 1 fully saturated rings. The monoisotopic (exact) mass is 522 g/mol. The number of carbonyl (C=O) groups excluding carboxylic acids is 1. The van der Waals surface area contributed by atoms with E-state index in [2.05, 4.69) is 24.9 Å². The number of likely N-dealkylation sites (tertiary alicyclic amines) is 1. The topological polar surface area (TPSA) is 85.8 Å². The molecule has 36 heavy (non-hydrogen) atoms. The van der Waals surface area contributed by atoms with Crippen LogP contribution in [-0.2, 0) is 11.3 Å². The molecule has 2 aromatic carbocycles. The molecule has 12 heteroatoms. The van der Waals surface area contributed by atoms with Gasteiger partial charge in [-0.25, -0.2) is 14.8 Å². The van der Waals surface area contributed by atoms with Gasteiger partial charge in [-0.1, -0.05) is 23.7 Å². The Morgan fingerprint density at radius 3 is 2.53 bits per heavy atom. The molecule has 0 amide bonds. The van der Waals surface area contributed by atoms with Crippen molar-refractivity contribution in [3.63, 3.8) is 0 Å². The van der Waals surface area contributed by atoms with Gasteiger partial charge in [0.05, 0.1) is 17.7 Å². The Morgan fingerprint density at radius 1 is 1.17 bits per heavy atom. The molecule has 0 saturated carbocycles. The standard InChI is InChI=1S/C24H22ClF3N4O4/c1-32-12-18(13-32)35-20-8-15(7-19(21(20)25)22(33)34-2)16-10-30-23(31-11-16)29-9-14-4-3-5-17(6-14)36-24(26,27)28/h3-8,10-11,18H,9,12-13H2,1-2H3,(H,29,30,31). The van der Waals surface area contributed by atoms with Gasteiger partial charge in [0.25, 0.3) is 0 Å². The van der Waals surface area contributed by atoms with Crippen molar-refractivity contribution >= 4 is 23.5 Å². The third kappa shape index (κ3) is 6.35. The van der Waals surface area contributed by atoms with Crippen LogP contribution in [0.15, 0.2) is 48.8 Å². The first-order valence-corrected chi connectivity index (χ1v) is 11.2. The van der Waals surface area contributed by atoms with E-state index in [1.807, 2.05) is 7.05 Å². The lowest BCUT2D eigenvalue weighted by Crippen LogP contribution is -2.51. The maximum atomic E-state index is 12.4. The third-order valence-electron chi connectivity index (χ3n) is 5.34. The van der Waals surface area contributed by atoms with E-state index >= 15 is 0 Å². The normalized spacial score (nSPS) is 14.2. The number of carbonyl (C=O) groups is 1. The lowest BCUT2D eigenvalue weighted by atomic mass is 10.0. The fraction of sp³-hybridized carbons (Fsp3) is 0.292. The molecule has 190 valence electrons. The summed E-state index contributed by atoms with van der Waals surface area (Å²) in [5.41, 5.74) is 1.90. The summed E-state index contributed by atoms with van der Waals surface area (Å²) in [6, 6.07) is 8.89. The number of benzene rings is 2. The largest absolute Gasteiger partial charge is 0.573 e. The number of likely N-dealkylation sites (N-methyl/N-ethyl adjacent to an activating group) is 1. The molecule has 0 unspecified atom stereocenters. The van der Waals surface area contributed by atoms with Crippen molar-refractivity contribution < 1.29 is 32.2 Å². The zero-order chi connectivity index (χ0) is 25.9. The van der Waals surface area contributed by atoms with Crippen molar-refractivity contribution in [2.75, 3.05) is 32.6 Å². The van der Waals surface area contributed by atoms with Gasteiger partial charge in [-0.2, -0.15) is 0 Å². The van der Waals surface area contributed by atoms with Crippen LogP contribution in [0.5, 0.6) is 11.5 Å². The predicted molar refractivity (Wildman–Crippen MR) is 126 cm³/mol. The molecule has 1 aromatic heterocycles. The van der Waals surface area contributed by atoms with Gasteiger partial charge in [0.2, 0.25) is 5.95 Å². The van der Waals surface area contributed by atoms with Gasteiger partial charge in [0, 0.05) is 37.6 Å². The first-order chi connectivity index (χ1) is 17.1. The Hall–Kier alpha value is -3.57.